The predicted octanol–water partition coefficient (Wildman–Crippen LogP) is 2.27. The van der Waals surface area contributed by atoms with Gasteiger partial charge in [-0.15, -0.1) is 10.2 Å². The summed E-state index contributed by atoms with van der Waals surface area (Å²) < 4.78 is 2.12. The molecule has 2 rings (SSSR count). The standard InChI is InChI=1S/C11H17N3O2S/c1-8-12-13-11(17-7-10(15)16)14(8)9-5-3-2-4-6-9/h9H,2-7H2,1H3,(H,15,16). The first kappa shape index (κ1) is 12.4. The second kappa shape index (κ2) is 5.53. The highest BCUT2D eigenvalue weighted by Crippen LogP contribution is 2.32. The summed E-state index contributed by atoms with van der Waals surface area (Å²) in [7, 11) is 0. The molecule has 1 aliphatic carbocycles. The summed E-state index contributed by atoms with van der Waals surface area (Å²) in [6.45, 7) is 1.94. The molecule has 0 amide bonds. The fourth-order valence-electron chi connectivity index (χ4n) is 2.33. The Bertz CT molecular complexity index is 399. The van der Waals surface area contributed by atoms with Gasteiger partial charge in [-0.2, -0.15) is 0 Å². The largest absolute Gasteiger partial charge is 0.481 e. The molecular weight excluding hydrogens is 238 g/mol. The number of aliphatic carboxylic acids is 1. The van der Waals surface area contributed by atoms with Crippen LogP contribution in [0.3, 0.4) is 0 Å². The minimum absolute atomic E-state index is 0.0465. The highest BCUT2D eigenvalue weighted by molar-refractivity contribution is 7.99. The summed E-state index contributed by atoms with van der Waals surface area (Å²) in [6, 6.07) is 0.454. The first-order valence-corrected chi connectivity index (χ1v) is 6.93. The number of nitrogens with zero attached hydrogens (tertiary/aromatic N) is 3. The number of rotatable bonds is 4. The van der Waals surface area contributed by atoms with Gasteiger partial charge in [0.1, 0.15) is 5.82 Å². The van der Waals surface area contributed by atoms with Crippen molar-refractivity contribution in [3.05, 3.63) is 5.82 Å². The first-order chi connectivity index (χ1) is 8.18. The molecule has 1 aromatic heterocycles. The molecule has 0 atom stereocenters. The smallest absolute Gasteiger partial charge is 0.313 e. The van der Waals surface area contributed by atoms with Crippen molar-refractivity contribution in [1.82, 2.24) is 14.8 Å². The van der Waals surface area contributed by atoms with Crippen LogP contribution in [0.4, 0.5) is 0 Å². The summed E-state index contributed by atoms with van der Waals surface area (Å²) in [5, 5.41) is 17.6. The van der Waals surface area contributed by atoms with Gasteiger partial charge in [-0.3, -0.25) is 4.79 Å². The van der Waals surface area contributed by atoms with Gasteiger partial charge in [0.25, 0.3) is 0 Å². The second-order valence-electron chi connectivity index (χ2n) is 4.37. The van der Waals surface area contributed by atoms with Gasteiger partial charge < -0.3 is 9.67 Å². The van der Waals surface area contributed by atoms with Crippen molar-refractivity contribution in [2.45, 2.75) is 50.2 Å². The summed E-state index contributed by atoms with van der Waals surface area (Å²) in [6.07, 6.45) is 6.09. The third-order valence-corrected chi connectivity index (χ3v) is 4.03. The third kappa shape index (κ3) is 3.00. The van der Waals surface area contributed by atoms with E-state index in [0.29, 0.717) is 6.04 Å². The van der Waals surface area contributed by atoms with Gasteiger partial charge in [0.2, 0.25) is 0 Å². The molecule has 5 nitrogen and oxygen atoms in total. The van der Waals surface area contributed by atoms with Crippen molar-refractivity contribution in [2.75, 3.05) is 5.75 Å². The zero-order valence-corrected chi connectivity index (χ0v) is 10.7. The highest BCUT2D eigenvalue weighted by atomic mass is 32.2. The van der Waals surface area contributed by atoms with Crippen LogP contribution in [0.15, 0.2) is 5.16 Å². The molecule has 0 bridgehead atoms. The lowest BCUT2D eigenvalue weighted by Gasteiger charge is -2.24. The van der Waals surface area contributed by atoms with E-state index in [9.17, 15) is 4.79 Å². The van der Waals surface area contributed by atoms with Gasteiger partial charge in [0.05, 0.1) is 5.75 Å². The Hall–Kier alpha value is -1.04. The predicted molar refractivity (Wildman–Crippen MR) is 65.2 cm³/mol. The normalized spacial score (nSPS) is 17.2. The van der Waals surface area contributed by atoms with Crippen molar-refractivity contribution in [3.63, 3.8) is 0 Å². The fraction of sp³-hybridized carbons (Fsp3) is 0.727. The third-order valence-electron chi connectivity index (χ3n) is 3.10. The molecule has 0 spiro atoms. The maximum absolute atomic E-state index is 10.6. The van der Waals surface area contributed by atoms with E-state index < -0.39 is 5.97 Å². The van der Waals surface area contributed by atoms with Crippen molar-refractivity contribution >= 4 is 17.7 Å². The van der Waals surface area contributed by atoms with Gasteiger partial charge in [-0.1, -0.05) is 31.0 Å². The first-order valence-electron chi connectivity index (χ1n) is 5.94. The molecule has 1 aromatic rings. The van der Waals surface area contributed by atoms with Crippen LogP contribution in [0.25, 0.3) is 0 Å². The lowest BCUT2D eigenvalue weighted by molar-refractivity contribution is -0.133. The minimum atomic E-state index is -0.814. The number of thioether (sulfide) groups is 1. The van der Waals surface area contributed by atoms with Crippen molar-refractivity contribution < 1.29 is 9.90 Å². The minimum Gasteiger partial charge on any atom is -0.481 e. The number of hydrogen-bond acceptors (Lipinski definition) is 4. The molecule has 0 aliphatic heterocycles. The van der Waals surface area contributed by atoms with Gasteiger partial charge >= 0.3 is 5.97 Å². The average Bonchev–Trinajstić information content (AvgIpc) is 2.69. The van der Waals surface area contributed by atoms with Crippen LogP contribution in [0.5, 0.6) is 0 Å². The van der Waals surface area contributed by atoms with Crippen LogP contribution >= 0.6 is 11.8 Å². The molecule has 1 aliphatic rings. The fourth-order valence-corrected chi connectivity index (χ4v) is 3.11. The zero-order chi connectivity index (χ0) is 12.3. The second-order valence-corrected chi connectivity index (χ2v) is 5.32. The topological polar surface area (TPSA) is 68.0 Å². The Morgan fingerprint density at radius 2 is 2.12 bits per heavy atom. The SMILES string of the molecule is Cc1nnc(SCC(=O)O)n1C1CCCCC1. The van der Waals surface area contributed by atoms with Crippen molar-refractivity contribution in [2.24, 2.45) is 0 Å². The molecule has 1 saturated carbocycles. The van der Waals surface area contributed by atoms with Gasteiger partial charge in [0.15, 0.2) is 5.16 Å². The number of carbonyl (C=O) groups is 1. The molecule has 6 heteroatoms. The molecule has 1 fully saturated rings. The molecular formula is C11H17N3O2S. The molecule has 0 radical (unpaired) electrons. The van der Waals surface area contributed by atoms with Crippen LogP contribution in [0.1, 0.15) is 44.0 Å². The number of carboxylic acids is 1. The Labute approximate surface area is 105 Å². The molecule has 0 saturated heterocycles. The van der Waals surface area contributed by atoms with E-state index >= 15 is 0 Å². The van der Waals surface area contributed by atoms with Crippen LogP contribution in [0, 0.1) is 6.92 Å². The van der Waals surface area contributed by atoms with Gasteiger partial charge in [-0.05, 0) is 19.8 Å². The molecule has 17 heavy (non-hydrogen) atoms. The maximum Gasteiger partial charge on any atom is 0.313 e. The van der Waals surface area contributed by atoms with E-state index in [-0.39, 0.29) is 5.75 Å². The summed E-state index contributed by atoms with van der Waals surface area (Å²) in [4.78, 5) is 10.6. The van der Waals surface area contributed by atoms with Crippen LogP contribution in [-0.2, 0) is 4.79 Å². The summed E-state index contributed by atoms with van der Waals surface area (Å²) in [5.74, 6) is 0.126. The Balaban J connectivity index is 2.13. The van der Waals surface area contributed by atoms with Crippen molar-refractivity contribution in [1.29, 1.82) is 0 Å². The maximum atomic E-state index is 10.6. The summed E-state index contributed by atoms with van der Waals surface area (Å²) in [5.41, 5.74) is 0. The van der Waals surface area contributed by atoms with Crippen LogP contribution in [0.2, 0.25) is 0 Å². The van der Waals surface area contributed by atoms with Crippen molar-refractivity contribution in [3.8, 4) is 0 Å². The summed E-state index contributed by atoms with van der Waals surface area (Å²) >= 11 is 1.26. The van der Waals surface area contributed by atoms with E-state index in [1.54, 1.807) is 0 Å². The molecule has 0 unspecified atom stereocenters. The number of hydrogen-bond donors (Lipinski definition) is 1. The van der Waals surface area contributed by atoms with E-state index in [0.717, 1.165) is 23.8 Å². The van der Waals surface area contributed by atoms with E-state index in [4.69, 9.17) is 5.11 Å². The quantitative estimate of drug-likeness (QED) is 0.836. The molecule has 1 N–H and O–H groups in total. The molecule has 94 valence electrons. The number of carboxylic acid groups (broad SMARTS) is 1. The van der Waals surface area contributed by atoms with Crippen LogP contribution < -0.4 is 0 Å². The Morgan fingerprint density at radius 3 is 2.76 bits per heavy atom. The van der Waals surface area contributed by atoms with E-state index in [1.807, 2.05) is 6.92 Å². The lowest BCUT2D eigenvalue weighted by atomic mass is 9.95. The Morgan fingerprint density at radius 1 is 1.41 bits per heavy atom. The number of aryl methyl sites for hydroxylation is 1. The molecule has 0 aromatic carbocycles. The van der Waals surface area contributed by atoms with Crippen LogP contribution in [-0.4, -0.2) is 31.6 Å². The van der Waals surface area contributed by atoms with E-state index in [1.165, 1.54) is 31.0 Å². The Kier molecular flexibility index (Phi) is 4.04. The lowest BCUT2D eigenvalue weighted by Crippen LogP contribution is -2.15. The van der Waals surface area contributed by atoms with Gasteiger partial charge in [-0.25, -0.2) is 0 Å². The monoisotopic (exact) mass is 255 g/mol. The average molecular weight is 255 g/mol. The molecule has 1 heterocycles. The van der Waals surface area contributed by atoms with Gasteiger partial charge in [0, 0.05) is 6.04 Å². The zero-order valence-electron chi connectivity index (χ0n) is 9.93. The van der Waals surface area contributed by atoms with E-state index in [2.05, 4.69) is 14.8 Å². The highest BCUT2D eigenvalue weighted by Gasteiger charge is 2.21. The number of aromatic nitrogens is 3.